The molecule has 0 aliphatic heterocycles. The molecule has 0 spiro atoms. The largest absolute Gasteiger partial charge is 0.480 e. The van der Waals surface area contributed by atoms with E-state index >= 15 is 0 Å². The summed E-state index contributed by atoms with van der Waals surface area (Å²) in [5.74, 6) is -0.535. The molecule has 0 aliphatic carbocycles. The van der Waals surface area contributed by atoms with Crippen molar-refractivity contribution in [1.29, 1.82) is 0 Å². The summed E-state index contributed by atoms with van der Waals surface area (Å²) in [7, 11) is 0. The molecule has 100 valence electrons. The highest BCUT2D eigenvalue weighted by atomic mass is 35.6. The van der Waals surface area contributed by atoms with Crippen molar-refractivity contribution in [3.05, 3.63) is 0 Å². The third-order valence-electron chi connectivity index (χ3n) is 1.57. The molecule has 0 aromatic carbocycles. The molecular weight excluding hydrogens is 313 g/mol. The second-order valence-electron chi connectivity index (χ2n) is 3.01. The van der Waals surface area contributed by atoms with Gasteiger partial charge >= 0.3 is 12.1 Å². The van der Waals surface area contributed by atoms with E-state index in [0.717, 1.165) is 0 Å². The maximum absolute atomic E-state index is 11.2. The number of amides is 1. The summed E-state index contributed by atoms with van der Waals surface area (Å²) in [6.07, 6.45) is 1.20. The fourth-order valence-corrected chi connectivity index (χ4v) is 1.46. The van der Waals surface area contributed by atoms with E-state index in [-0.39, 0.29) is 0 Å². The van der Waals surface area contributed by atoms with Crippen LogP contribution in [0.1, 0.15) is 6.42 Å². The number of rotatable bonds is 6. The number of nitrogens with one attached hydrogen (secondary N) is 1. The van der Waals surface area contributed by atoms with Crippen molar-refractivity contribution in [1.82, 2.24) is 5.32 Å². The molecule has 0 aromatic heterocycles. The zero-order valence-corrected chi connectivity index (χ0v) is 12.0. The second-order valence-corrected chi connectivity index (χ2v) is 6.51. The molecule has 17 heavy (non-hydrogen) atoms. The fourth-order valence-electron chi connectivity index (χ4n) is 0.824. The van der Waals surface area contributed by atoms with E-state index in [9.17, 15) is 9.59 Å². The van der Waals surface area contributed by atoms with E-state index in [1.807, 2.05) is 6.26 Å². The van der Waals surface area contributed by atoms with Gasteiger partial charge in [0.2, 0.25) is 3.79 Å². The minimum atomic E-state index is -1.71. The van der Waals surface area contributed by atoms with Gasteiger partial charge in [0.1, 0.15) is 12.6 Å². The lowest BCUT2D eigenvalue weighted by atomic mass is 10.2. The Hall–Kier alpha value is -0.0400. The minimum Gasteiger partial charge on any atom is -0.480 e. The number of aliphatic carboxylic acids is 1. The molecule has 0 heterocycles. The molecule has 0 aromatic rings. The molecule has 0 bridgehead atoms. The Morgan fingerprint density at radius 1 is 1.47 bits per heavy atom. The molecule has 2 N–H and O–H groups in total. The lowest BCUT2D eigenvalue weighted by molar-refractivity contribution is -0.139. The molecule has 1 unspecified atom stereocenters. The molecule has 1 atom stereocenters. The second kappa shape index (κ2) is 8.13. The predicted octanol–water partition coefficient (Wildman–Crippen LogP) is 2.29. The first-order valence-corrected chi connectivity index (χ1v) is 7.01. The normalized spacial score (nSPS) is 12.9. The molecule has 0 rings (SSSR count). The number of carboxylic acid groups (broad SMARTS) is 1. The van der Waals surface area contributed by atoms with Crippen molar-refractivity contribution >= 4 is 58.6 Å². The highest BCUT2D eigenvalue weighted by molar-refractivity contribution is 7.98. The number of thioether (sulfide) groups is 1. The molecule has 0 fully saturated rings. The number of carboxylic acids is 1. The van der Waals surface area contributed by atoms with Crippen LogP contribution in [0.4, 0.5) is 4.79 Å². The average Bonchev–Trinajstić information content (AvgIpc) is 2.19. The summed E-state index contributed by atoms with van der Waals surface area (Å²) >= 11 is 17.6. The zero-order chi connectivity index (χ0) is 13.5. The highest BCUT2D eigenvalue weighted by Crippen LogP contribution is 2.25. The first-order chi connectivity index (χ1) is 7.76. The molecular formula is C8H12Cl3NO4S. The van der Waals surface area contributed by atoms with E-state index in [4.69, 9.17) is 39.9 Å². The minimum absolute atomic E-state index is 0.291. The lowest BCUT2D eigenvalue weighted by Crippen LogP contribution is -2.42. The van der Waals surface area contributed by atoms with Crippen molar-refractivity contribution in [2.45, 2.75) is 16.3 Å². The summed E-state index contributed by atoms with van der Waals surface area (Å²) in [4.78, 5) is 22.0. The quantitative estimate of drug-likeness (QED) is 0.733. The van der Waals surface area contributed by atoms with Crippen LogP contribution in [-0.4, -0.2) is 45.6 Å². The van der Waals surface area contributed by atoms with Gasteiger partial charge in [-0.05, 0) is 18.4 Å². The number of halogens is 3. The number of carbonyl (C=O) groups is 2. The summed E-state index contributed by atoms with van der Waals surface area (Å²) in [6, 6.07) is -1.01. The third-order valence-corrected chi connectivity index (χ3v) is 2.54. The number of alkyl carbamates (subject to hydrolysis) is 1. The molecule has 0 saturated carbocycles. The maximum Gasteiger partial charge on any atom is 0.407 e. The number of hydrogen-bond donors (Lipinski definition) is 2. The Bertz CT molecular complexity index is 272. The molecule has 1 amide bonds. The zero-order valence-electron chi connectivity index (χ0n) is 8.91. The first-order valence-electron chi connectivity index (χ1n) is 4.48. The molecule has 0 radical (unpaired) electrons. The van der Waals surface area contributed by atoms with Gasteiger partial charge in [0.05, 0.1) is 0 Å². The van der Waals surface area contributed by atoms with Crippen LogP contribution in [-0.2, 0) is 9.53 Å². The standard InChI is InChI=1S/C8H12Cl3NO4S/c1-17-3-2-5(6(13)14)12-7(15)16-4-8(9,10)11/h5H,2-4H2,1H3,(H,12,15)(H,13,14). The van der Waals surface area contributed by atoms with Crippen LogP contribution < -0.4 is 5.32 Å². The van der Waals surface area contributed by atoms with Crippen molar-refractivity contribution in [3.8, 4) is 0 Å². The Labute approximate surface area is 118 Å². The van der Waals surface area contributed by atoms with E-state index in [1.165, 1.54) is 11.8 Å². The van der Waals surface area contributed by atoms with E-state index in [1.54, 1.807) is 0 Å². The van der Waals surface area contributed by atoms with Crippen molar-refractivity contribution < 1.29 is 19.4 Å². The van der Waals surface area contributed by atoms with Crippen molar-refractivity contribution in [3.63, 3.8) is 0 Å². The summed E-state index contributed by atoms with van der Waals surface area (Å²) in [5, 5.41) is 11.0. The third kappa shape index (κ3) is 9.64. The van der Waals surface area contributed by atoms with Crippen LogP contribution in [0.25, 0.3) is 0 Å². The Balaban J connectivity index is 4.08. The van der Waals surface area contributed by atoms with Crippen LogP contribution in [0.5, 0.6) is 0 Å². The number of alkyl halides is 3. The van der Waals surface area contributed by atoms with Gasteiger partial charge < -0.3 is 15.2 Å². The summed E-state index contributed by atoms with van der Waals surface area (Å²) < 4.78 is 2.84. The Morgan fingerprint density at radius 2 is 2.06 bits per heavy atom. The summed E-state index contributed by atoms with van der Waals surface area (Å²) in [5.41, 5.74) is 0. The van der Waals surface area contributed by atoms with Crippen LogP contribution in [0.3, 0.4) is 0 Å². The average molecular weight is 325 g/mol. The van der Waals surface area contributed by atoms with E-state index < -0.39 is 28.5 Å². The number of ether oxygens (including phenoxy) is 1. The molecule has 9 heteroatoms. The molecule has 5 nitrogen and oxygen atoms in total. The highest BCUT2D eigenvalue weighted by Gasteiger charge is 2.24. The van der Waals surface area contributed by atoms with Crippen molar-refractivity contribution in [2.24, 2.45) is 0 Å². The van der Waals surface area contributed by atoms with Gasteiger partial charge in [0, 0.05) is 0 Å². The smallest absolute Gasteiger partial charge is 0.407 e. The summed E-state index contributed by atoms with van der Waals surface area (Å²) in [6.45, 7) is -0.446. The topological polar surface area (TPSA) is 75.6 Å². The SMILES string of the molecule is CSCCC(NC(=O)OCC(Cl)(Cl)Cl)C(=O)O. The van der Waals surface area contributed by atoms with Crippen LogP contribution in [0, 0.1) is 0 Å². The van der Waals surface area contributed by atoms with Crippen LogP contribution in [0.15, 0.2) is 0 Å². The van der Waals surface area contributed by atoms with Crippen LogP contribution in [0.2, 0.25) is 0 Å². The van der Waals surface area contributed by atoms with Gasteiger partial charge in [-0.2, -0.15) is 11.8 Å². The van der Waals surface area contributed by atoms with Gasteiger partial charge in [0.15, 0.2) is 0 Å². The van der Waals surface area contributed by atoms with Gasteiger partial charge in [-0.1, -0.05) is 34.8 Å². The molecule has 0 aliphatic rings. The predicted molar refractivity (Wildman–Crippen MR) is 69.2 cm³/mol. The fraction of sp³-hybridized carbons (Fsp3) is 0.750. The van der Waals surface area contributed by atoms with E-state index in [0.29, 0.717) is 12.2 Å². The first kappa shape index (κ1) is 17.0. The lowest BCUT2D eigenvalue weighted by Gasteiger charge is -2.16. The number of carbonyl (C=O) groups excluding carboxylic acids is 1. The van der Waals surface area contributed by atoms with Gasteiger partial charge in [-0.25, -0.2) is 9.59 Å². The van der Waals surface area contributed by atoms with Crippen molar-refractivity contribution in [2.75, 3.05) is 18.6 Å². The monoisotopic (exact) mass is 323 g/mol. The Morgan fingerprint density at radius 3 is 2.47 bits per heavy atom. The van der Waals surface area contributed by atoms with Crippen LogP contribution >= 0.6 is 46.6 Å². The van der Waals surface area contributed by atoms with E-state index in [2.05, 4.69) is 10.1 Å². The number of hydrogen-bond acceptors (Lipinski definition) is 4. The molecule has 0 saturated heterocycles. The Kier molecular flexibility index (Phi) is 8.11. The maximum atomic E-state index is 11.2. The van der Waals surface area contributed by atoms with Gasteiger partial charge in [0.25, 0.3) is 0 Å². The van der Waals surface area contributed by atoms with Gasteiger partial charge in [-0.3, -0.25) is 0 Å². The van der Waals surface area contributed by atoms with Gasteiger partial charge in [-0.15, -0.1) is 0 Å².